The molecular weight excluding hydrogens is 418 g/mol. The molecule has 180 valence electrons. The first-order valence-corrected chi connectivity index (χ1v) is 12.3. The number of aromatic hydroxyl groups is 1. The number of pyridine rings is 1. The highest BCUT2D eigenvalue weighted by Crippen LogP contribution is 2.34. The average molecular weight is 458 g/mol. The van der Waals surface area contributed by atoms with Crippen LogP contribution < -0.4 is 10.6 Å². The van der Waals surface area contributed by atoms with E-state index in [0.29, 0.717) is 6.04 Å². The summed E-state index contributed by atoms with van der Waals surface area (Å²) in [6.07, 6.45) is 2.05. The topological polar surface area (TPSA) is 57.2 Å². The summed E-state index contributed by atoms with van der Waals surface area (Å²) in [5.41, 5.74) is 5.74. The molecule has 0 saturated carbocycles. The van der Waals surface area contributed by atoms with Gasteiger partial charge in [0.15, 0.2) is 0 Å². The first kappa shape index (κ1) is 24.3. The number of nitrogens with one attached hydrogen (secondary N) is 2. The molecule has 4 heteroatoms. The van der Waals surface area contributed by atoms with Gasteiger partial charge in [0.1, 0.15) is 11.6 Å². The van der Waals surface area contributed by atoms with Gasteiger partial charge in [-0.15, -0.1) is 0 Å². The molecule has 2 aromatic carbocycles. The van der Waals surface area contributed by atoms with E-state index in [0.717, 1.165) is 35.5 Å². The van der Waals surface area contributed by atoms with Crippen molar-refractivity contribution in [3.8, 4) is 28.1 Å². The smallest absolute Gasteiger partial charge is 0.127 e. The molecule has 3 aromatic rings. The van der Waals surface area contributed by atoms with Crippen molar-refractivity contribution >= 4 is 5.82 Å². The van der Waals surface area contributed by atoms with E-state index in [-0.39, 0.29) is 22.2 Å². The van der Waals surface area contributed by atoms with Crippen LogP contribution in [-0.2, 0) is 5.41 Å². The summed E-state index contributed by atoms with van der Waals surface area (Å²) in [6, 6.07) is 20.8. The van der Waals surface area contributed by atoms with Gasteiger partial charge in [0.05, 0.1) is 5.69 Å². The molecule has 1 aromatic heterocycles. The zero-order valence-electron chi connectivity index (χ0n) is 21.7. The van der Waals surface area contributed by atoms with E-state index in [1.165, 1.54) is 11.1 Å². The Hall–Kier alpha value is -2.85. The summed E-state index contributed by atoms with van der Waals surface area (Å²) in [4.78, 5) is 4.99. The molecule has 1 fully saturated rings. The van der Waals surface area contributed by atoms with E-state index in [2.05, 4.69) is 95.5 Å². The average Bonchev–Trinajstić information content (AvgIpc) is 2.71. The van der Waals surface area contributed by atoms with Crippen LogP contribution in [0.15, 0.2) is 60.7 Å². The molecule has 1 saturated heterocycles. The highest BCUT2D eigenvalue weighted by molar-refractivity contribution is 5.74. The molecule has 4 rings (SSSR count). The van der Waals surface area contributed by atoms with E-state index < -0.39 is 0 Å². The van der Waals surface area contributed by atoms with Crippen LogP contribution in [0.25, 0.3) is 22.4 Å². The second kappa shape index (κ2) is 8.74. The molecule has 2 heterocycles. The van der Waals surface area contributed by atoms with Gasteiger partial charge in [0, 0.05) is 22.7 Å². The molecule has 34 heavy (non-hydrogen) atoms. The molecule has 0 bridgehead atoms. The molecule has 0 spiro atoms. The maximum atomic E-state index is 9.76. The molecule has 0 radical (unpaired) electrons. The lowest BCUT2D eigenvalue weighted by atomic mass is 9.79. The van der Waals surface area contributed by atoms with Gasteiger partial charge in [-0.3, -0.25) is 0 Å². The van der Waals surface area contributed by atoms with Crippen molar-refractivity contribution in [2.75, 3.05) is 5.32 Å². The van der Waals surface area contributed by atoms with Gasteiger partial charge in [-0.1, -0.05) is 45.0 Å². The van der Waals surface area contributed by atoms with Crippen LogP contribution in [0.4, 0.5) is 5.82 Å². The van der Waals surface area contributed by atoms with Crippen LogP contribution in [0.2, 0.25) is 0 Å². The van der Waals surface area contributed by atoms with Gasteiger partial charge in [-0.2, -0.15) is 0 Å². The van der Waals surface area contributed by atoms with Crippen LogP contribution in [0, 0.1) is 0 Å². The first-order valence-electron chi connectivity index (χ1n) is 12.3. The van der Waals surface area contributed by atoms with Crippen LogP contribution in [0.5, 0.6) is 5.75 Å². The number of nitrogens with zero attached hydrogens (tertiary/aromatic N) is 1. The summed E-state index contributed by atoms with van der Waals surface area (Å²) >= 11 is 0. The zero-order valence-corrected chi connectivity index (χ0v) is 21.7. The van der Waals surface area contributed by atoms with E-state index in [1.807, 2.05) is 12.1 Å². The van der Waals surface area contributed by atoms with E-state index in [1.54, 1.807) is 12.1 Å². The summed E-state index contributed by atoms with van der Waals surface area (Å²) < 4.78 is 0. The fourth-order valence-electron chi connectivity index (χ4n) is 5.35. The fourth-order valence-corrected chi connectivity index (χ4v) is 5.35. The van der Waals surface area contributed by atoms with Crippen LogP contribution in [0.1, 0.15) is 66.9 Å². The number of anilines is 1. The van der Waals surface area contributed by atoms with E-state index in [4.69, 9.17) is 4.98 Å². The van der Waals surface area contributed by atoms with Crippen LogP contribution in [-0.4, -0.2) is 27.2 Å². The Labute approximate surface area is 204 Å². The third kappa shape index (κ3) is 5.79. The Kier molecular flexibility index (Phi) is 6.24. The monoisotopic (exact) mass is 457 g/mol. The molecule has 3 N–H and O–H groups in total. The van der Waals surface area contributed by atoms with E-state index in [9.17, 15) is 5.11 Å². The predicted octanol–water partition coefficient (Wildman–Crippen LogP) is 7.14. The molecule has 1 aliphatic rings. The molecule has 0 aliphatic carbocycles. The molecular formula is C30H39N3O. The predicted molar refractivity (Wildman–Crippen MR) is 143 cm³/mol. The lowest BCUT2D eigenvalue weighted by Gasteiger charge is -2.46. The molecule has 0 atom stereocenters. The summed E-state index contributed by atoms with van der Waals surface area (Å²) in [5, 5.41) is 17.3. The third-order valence-corrected chi connectivity index (χ3v) is 6.61. The fraction of sp³-hybridized carbons (Fsp3) is 0.433. The Bertz CT molecular complexity index is 1120. The van der Waals surface area contributed by atoms with Crippen molar-refractivity contribution in [1.82, 2.24) is 10.3 Å². The Morgan fingerprint density at radius 2 is 1.38 bits per heavy atom. The third-order valence-electron chi connectivity index (χ3n) is 6.61. The van der Waals surface area contributed by atoms with Crippen LogP contribution >= 0.6 is 0 Å². The number of hydrogen-bond acceptors (Lipinski definition) is 4. The Morgan fingerprint density at radius 1 is 0.824 bits per heavy atom. The lowest BCUT2D eigenvalue weighted by molar-refractivity contribution is 0.170. The van der Waals surface area contributed by atoms with Gasteiger partial charge < -0.3 is 15.7 Å². The number of piperidine rings is 1. The zero-order chi connectivity index (χ0) is 24.7. The highest BCUT2D eigenvalue weighted by atomic mass is 16.3. The van der Waals surface area contributed by atoms with Crippen molar-refractivity contribution < 1.29 is 5.11 Å². The summed E-state index contributed by atoms with van der Waals surface area (Å²) in [5.74, 6) is 1.15. The Balaban J connectivity index is 1.72. The molecule has 4 nitrogen and oxygen atoms in total. The summed E-state index contributed by atoms with van der Waals surface area (Å²) in [7, 11) is 0. The van der Waals surface area contributed by atoms with Gasteiger partial charge in [-0.25, -0.2) is 4.98 Å². The minimum Gasteiger partial charge on any atom is -0.508 e. The van der Waals surface area contributed by atoms with Crippen molar-refractivity contribution in [1.29, 1.82) is 0 Å². The van der Waals surface area contributed by atoms with Gasteiger partial charge in [0.25, 0.3) is 0 Å². The van der Waals surface area contributed by atoms with Crippen molar-refractivity contribution in [2.45, 2.75) is 83.8 Å². The number of hydrogen-bond donors (Lipinski definition) is 3. The lowest BCUT2D eigenvalue weighted by Crippen LogP contribution is -2.60. The molecule has 1 aliphatic heterocycles. The number of phenolic OH excluding ortho intramolecular Hbond substituents is 1. The maximum Gasteiger partial charge on any atom is 0.127 e. The number of aromatic nitrogens is 1. The van der Waals surface area contributed by atoms with Crippen LogP contribution in [0.3, 0.4) is 0 Å². The minimum absolute atomic E-state index is 0.0552. The standard InChI is InChI=1S/C30H39N3O/c1-28(2,3)23-12-8-20(9-13-23)22-16-26(21-10-14-25(34)15-11-21)32-27(17-22)31-24-18-29(4,5)33-30(6,7)19-24/h8-17,24,33-34H,18-19H2,1-7H3,(H,31,32). The highest BCUT2D eigenvalue weighted by Gasteiger charge is 2.37. The first-order chi connectivity index (χ1) is 15.8. The minimum atomic E-state index is 0.0552. The van der Waals surface area contributed by atoms with Crippen molar-refractivity contribution in [2.24, 2.45) is 0 Å². The maximum absolute atomic E-state index is 9.76. The number of benzene rings is 2. The van der Waals surface area contributed by atoms with Crippen molar-refractivity contribution in [3.63, 3.8) is 0 Å². The second-order valence-electron chi connectivity index (χ2n) is 12.1. The normalized spacial score (nSPS) is 18.0. The van der Waals surface area contributed by atoms with Crippen molar-refractivity contribution in [3.05, 3.63) is 66.2 Å². The number of phenols is 1. The SMILES string of the molecule is CC1(C)CC(Nc2cc(-c3ccc(C(C)(C)C)cc3)cc(-c3ccc(O)cc3)n2)CC(C)(C)N1. The molecule has 0 unspecified atom stereocenters. The number of rotatable bonds is 4. The van der Waals surface area contributed by atoms with Gasteiger partial charge in [0.2, 0.25) is 0 Å². The molecule has 0 amide bonds. The Morgan fingerprint density at radius 3 is 1.94 bits per heavy atom. The second-order valence-corrected chi connectivity index (χ2v) is 12.1. The summed E-state index contributed by atoms with van der Waals surface area (Å²) in [6.45, 7) is 15.8. The van der Waals surface area contributed by atoms with Gasteiger partial charge in [-0.05, 0) is 99.0 Å². The quantitative estimate of drug-likeness (QED) is 0.390. The van der Waals surface area contributed by atoms with Gasteiger partial charge >= 0.3 is 0 Å². The largest absolute Gasteiger partial charge is 0.508 e. The van der Waals surface area contributed by atoms with E-state index >= 15 is 0 Å².